The molecule has 2 N–H and O–H groups in total. The van der Waals surface area contributed by atoms with Gasteiger partial charge in [-0.25, -0.2) is 4.79 Å². The van der Waals surface area contributed by atoms with Crippen LogP contribution in [0.4, 0.5) is 0 Å². The first-order valence-corrected chi connectivity index (χ1v) is 5.77. The van der Waals surface area contributed by atoms with Crippen LogP contribution in [0.5, 0.6) is 0 Å². The van der Waals surface area contributed by atoms with E-state index in [1.165, 1.54) is 18.4 Å². The molecular formula is C13H12N2O5. The van der Waals surface area contributed by atoms with Crippen molar-refractivity contribution in [2.24, 2.45) is 0 Å². The Morgan fingerprint density at radius 3 is 2.90 bits per heavy atom. The number of carbonyl (C=O) groups is 2. The zero-order valence-corrected chi connectivity index (χ0v) is 10.4. The SMILES string of the molecule is C=CCC(NC(=O)c1cc(-c2ccco2)on1)C(=O)O. The van der Waals surface area contributed by atoms with Gasteiger partial charge in [0.1, 0.15) is 6.04 Å². The molecule has 2 aromatic heterocycles. The summed E-state index contributed by atoms with van der Waals surface area (Å²) in [4.78, 5) is 22.8. The van der Waals surface area contributed by atoms with Crippen LogP contribution in [-0.4, -0.2) is 28.2 Å². The monoisotopic (exact) mass is 276 g/mol. The lowest BCUT2D eigenvalue weighted by Gasteiger charge is -2.10. The molecule has 20 heavy (non-hydrogen) atoms. The van der Waals surface area contributed by atoms with Gasteiger partial charge in [-0.1, -0.05) is 11.2 Å². The zero-order valence-electron chi connectivity index (χ0n) is 10.4. The first-order chi connectivity index (χ1) is 9.61. The molecule has 0 spiro atoms. The van der Waals surface area contributed by atoms with Gasteiger partial charge in [0.2, 0.25) is 5.76 Å². The van der Waals surface area contributed by atoms with E-state index in [-0.39, 0.29) is 17.9 Å². The number of amides is 1. The molecular weight excluding hydrogens is 264 g/mol. The van der Waals surface area contributed by atoms with Gasteiger partial charge < -0.3 is 19.4 Å². The van der Waals surface area contributed by atoms with Crippen molar-refractivity contribution in [3.63, 3.8) is 0 Å². The fourth-order valence-corrected chi connectivity index (χ4v) is 1.54. The lowest BCUT2D eigenvalue weighted by Crippen LogP contribution is -2.40. The van der Waals surface area contributed by atoms with Crippen molar-refractivity contribution in [3.05, 3.63) is 42.8 Å². The lowest BCUT2D eigenvalue weighted by atomic mass is 10.2. The first kappa shape index (κ1) is 13.6. The Kier molecular flexibility index (Phi) is 3.99. The van der Waals surface area contributed by atoms with Gasteiger partial charge in [-0.2, -0.15) is 0 Å². The molecule has 2 heterocycles. The molecule has 0 aliphatic rings. The predicted octanol–water partition coefficient (Wildman–Crippen LogP) is 1.69. The minimum absolute atomic E-state index is 0.0216. The second kappa shape index (κ2) is 5.87. The van der Waals surface area contributed by atoms with E-state index in [0.29, 0.717) is 5.76 Å². The standard InChI is InChI=1S/C13H12N2O5/c1-2-4-8(13(17)18)14-12(16)9-7-11(20-15-9)10-5-3-6-19-10/h2-3,5-8H,1,4H2,(H,14,16)(H,17,18). The molecule has 0 fully saturated rings. The van der Waals surface area contributed by atoms with Crippen LogP contribution in [0, 0.1) is 0 Å². The van der Waals surface area contributed by atoms with E-state index in [4.69, 9.17) is 14.0 Å². The molecule has 2 aromatic rings. The van der Waals surface area contributed by atoms with Crippen LogP contribution in [0.3, 0.4) is 0 Å². The van der Waals surface area contributed by atoms with Gasteiger partial charge in [0.25, 0.3) is 5.91 Å². The number of rotatable bonds is 6. The van der Waals surface area contributed by atoms with Crippen molar-refractivity contribution in [2.75, 3.05) is 0 Å². The van der Waals surface area contributed by atoms with E-state index >= 15 is 0 Å². The maximum absolute atomic E-state index is 11.9. The van der Waals surface area contributed by atoms with Gasteiger partial charge in [0.15, 0.2) is 11.5 Å². The van der Waals surface area contributed by atoms with Gasteiger partial charge in [0.05, 0.1) is 6.26 Å². The largest absolute Gasteiger partial charge is 0.480 e. The summed E-state index contributed by atoms with van der Waals surface area (Å²) in [5, 5.41) is 14.8. The van der Waals surface area contributed by atoms with Gasteiger partial charge in [-0.3, -0.25) is 4.79 Å². The van der Waals surface area contributed by atoms with Crippen molar-refractivity contribution >= 4 is 11.9 Å². The van der Waals surface area contributed by atoms with Crippen LogP contribution in [-0.2, 0) is 4.79 Å². The highest BCUT2D eigenvalue weighted by Gasteiger charge is 2.22. The third kappa shape index (κ3) is 2.94. The van der Waals surface area contributed by atoms with E-state index in [9.17, 15) is 9.59 Å². The Morgan fingerprint density at radius 2 is 2.30 bits per heavy atom. The highest BCUT2D eigenvalue weighted by molar-refractivity contribution is 5.95. The van der Waals surface area contributed by atoms with Crippen LogP contribution >= 0.6 is 0 Å². The summed E-state index contributed by atoms with van der Waals surface area (Å²) in [6.07, 6.45) is 2.99. The zero-order chi connectivity index (χ0) is 14.5. The van der Waals surface area contributed by atoms with Crippen LogP contribution < -0.4 is 5.32 Å². The number of nitrogens with one attached hydrogen (secondary N) is 1. The number of aromatic nitrogens is 1. The second-order valence-electron chi connectivity index (χ2n) is 3.94. The van der Waals surface area contributed by atoms with Crippen LogP contribution in [0.15, 0.2) is 46.1 Å². The second-order valence-corrected chi connectivity index (χ2v) is 3.94. The molecule has 0 saturated heterocycles. The van der Waals surface area contributed by atoms with Crippen molar-refractivity contribution in [2.45, 2.75) is 12.5 Å². The normalized spacial score (nSPS) is 11.8. The summed E-state index contributed by atoms with van der Waals surface area (Å²) in [5.74, 6) is -1.07. The van der Waals surface area contributed by atoms with E-state index in [0.717, 1.165) is 0 Å². The number of furan rings is 1. The van der Waals surface area contributed by atoms with Crippen molar-refractivity contribution < 1.29 is 23.6 Å². The van der Waals surface area contributed by atoms with E-state index < -0.39 is 17.9 Å². The average Bonchev–Trinajstić information content (AvgIpc) is 3.08. The third-order valence-corrected chi connectivity index (χ3v) is 2.51. The Balaban J connectivity index is 2.09. The van der Waals surface area contributed by atoms with Crippen LogP contribution in [0.2, 0.25) is 0 Å². The Hall–Kier alpha value is -2.83. The molecule has 7 nitrogen and oxygen atoms in total. The molecule has 0 bridgehead atoms. The molecule has 1 amide bonds. The molecule has 0 saturated carbocycles. The number of nitrogens with zero attached hydrogens (tertiary/aromatic N) is 1. The number of carboxylic acid groups (broad SMARTS) is 1. The molecule has 1 atom stereocenters. The smallest absolute Gasteiger partial charge is 0.326 e. The van der Waals surface area contributed by atoms with E-state index in [1.54, 1.807) is 12.1 Å². The summed E-state index contributed by atoms with van der Waals surface area (Å²) >= 11 is 0. The molecule has 0 radical (unpaired) electrons. The maximum Gasteiger partial charge on any atom is 0.326 e. The minimum atomic E-state index is -1.15. The van der Waals surface area contributed by atoms with Crippen molar-refractivity contribution in [1.82, 2.24) is 10.5 Å². The number of aliphatic carboxylic acids is 1. The highest BCUT2D eigenvalue weighted by atomic mass is 16.5. The fourth-order valence-electron chi connectivity index (χ4n) is 1.54. The highest BCUT2D eigenvalue weighted by Crippen LogP contribution is 2.20. The van der Waals surface area contributed by atoms with Crippen molar-refractivity contribution in [1.29, 1.82) is 0 Å². The number of hydrogen-bond acceptors (Lipinski definition) is 5. The predicted molar refractivity (Wildman–Crippen MR) is 67.9 cm³/mol. The molecule has 1 unspecified atom stereocenters. The molecule has 7 heteroatoms. The number of carboxylic acids is 1. The summed E-state index contributed by atoms with van der Waals surface area (Å²) in [5.41, 5.74) is -0.0216. The molecule has 2 rings (SSSR count). The summed E-state index contributed by atoms with van der Waals surface area (Å²) in [7, 11) is 0. The minimum Gasteiger partial charge on any atom is -0.480 e. The van der Waals surface area contributed by atoms with Crippen molar-refractivity contribution in [3.8, 4) is 11.5 Å². The topological polar surface area (TPSA) is 106 Å². The molecule has 0 aromatic carbocycles. The Bertz CT molecular complexity index is 615. The summed E-state index contributed by atoms with van der Waals surface area (Å²) < 4.78 is 10.1. The van der Waals surface area contributed by atoms with Crippen LogP contribution in [0.1, 0.15) is 16.9 Å². The lowest BCUT2D eigenvalue weighted by molar-refractivity contribution is -0.139. The third-order valence-electron chi connectivity index (χ3n) is 2.51. The van der Waals surface area contributed by atoms with E-state index in [2.05, 4.69) is 17.1 Å². The first-order valence-electron chi connectivity index (χ1n) is 5.77. The summed E-state index contributed by atoms with van der Waals surface area (Å²) in [6.45, 7) is 3.44. The average molecular weight is 276 g/mol. The van der Waals surface area contributed by atoms with Gasteiger partial charge in [-0.05, 0) is 18.6 Å². The Morgan fingerprint density at radius 1 is 1.50 bits per heavy atom. The number of hydrogen-bond donors (Lipinski definition) is 2. The fraction of sp³-hybridized carbons (Fsp3) is 0.154. The maximum atomic E-state index is 11.9. The van der Waals surface area contributed by atoms with Crippen LogP contribution in [0.25, 0.3) is 11.5 Å². The van der Waals surface area contributed by atoms with Gasteiger partial charge in [-0.15, -0.1) is 6.58 Å². The van der Waals surface area contributed by atoms with E-state index in [1.807, 2.05) is 0 Å². The van der Waals surface area contributed by atoms with Gasteiger partial charge >= 0.3 is 5.97 Å². The molecule has 104 valence electrons. The molecule has 0 aliphatic heterocycles. The molecule has 0 aliphatic carbocycles. The summed E-state index contributed by atoms with van der Waals surface area (Å²) in [6, 6.07) is 3.65. The Labute approximate surface area is 113 Å². The van der Waals surface area contributed by atoms with Gasteiger partial charge in [0, 0.05) is 6.07 Å². The number of carbonyl (C=O) groups excluding carboxylic acids is 1. The quantitative estimate of drug-likeness (QED) is 0.778.